The Labute approximate surface area is 91.0 Å². The highest BCUT2D eigenvalue weighted by Gasteiger charge is 2.25. The Morgan fingerprint density at radius 2 is 2.27 bits per heavy atom. The van der Waals surface area contributed by atoms with E-state index in [0.717, 1.165) is 6.07 Å². The third kappa shape index (κ3) is 2.45. The molecule has 0 bridgehead atoms. The molecule has 1 aromatic heterocycles. The molecule has 0 saturated heterocycles. The second-order valence-electron chi connectivity index (χ2n) is 2.55. The zero-order valence-corrected chi connectivity index (χ0v) is 8.74. The first kappa shape index (κ1) is 11.9. The molecule has 1 heterocycles. The van der Waals surface area contributed by atoms with Crippen LogP contribution in [-0.2, 0) is 6.61 Å². The number of aromatic nitrogens is 1. The molecule has 8 heteroatoms. The van der Waals surface area contributed by atoms with Gasteiger partial charge in [0.25, 0.3) is 0 Å². The number of nitrogens with zero attached hydrogens (tertiary/aromatic N) is 2. The summed E-state index contributed by atoms with van der Waals surface area (Å²) in [5, 5.41) is 19.2. The standard InChI is InChI=1S/C7H5BrF2N2O3/c8-5-3(2-13)1-4(12(14)15)11-6(5)7(9)10/h1,7,13H,2H2. The highest BCUT2D eigenvalue weighted by atomic mass is 79.9. The van der Waals surface area contributed by atoms with Gasteiger partial charge in [0.1, 0.15) is 0 Å². The minimum atomic E-state index is -2.94. The molecule has 0 amide bonds. The van der Waals surface area contributed by atoms with Gasteiger partial charge in [-0.1, -0.05) is 0 Å². The van der Waals surface area contributed by atoms with Crippen molar-refractivity contribution in [2.45, 2.75) is 13.0 Å². The Kier molecular flexibility index (Phi) is 3.64. The maximum Gasteiger partial charge on any atom is 0.364 e. The van der Waals surface area contributed by atoms with Gasteiger partial charge in [0.15, 0.2) is 0 Å². The van der Waals surface area contributed by atoms with E-state index >= 15 is 0 Å². The molecule has 1 aromatic rings. The van der Waals surface area contributed by atoms with E-state index in [9.17, 15) is 18.9 Å². The summed E-state index contributed by atoms with van der Waals surface area (Å²) in [4.78, 5) is 12.6. The quantitative estimate of drug-likeness (QED) is 0.681. The molecule has 0 unspecified atom stereocenters. The molecule has 82 valence electrons. The van der Waals surface area contributed by atoms with E-state index in [-0.39, 0.29) is 10.0 Å². The number of halogens is 3. The number of nitro groups is 1. The first-order chi connectivity index (χ1) is 6.97. The molecule has 1 rings (SSSR count). The van der Waals surface area contributed by atoms with Crippen molar-refractivity contribution in [3.05, 3.63) is 31.9 Å². The van der Waals surface area contributed by atoms with E-state index in [1.54, 1.807) is 0 Å². The van der Waals surface area contributed by atoms with Crippen LogP contribution in [0.2, 0.25) is 0 Å². The molecule has 0 saturated carbocycles. The Bertz CT molecular complexity index is 400. The maximum absolute atomic E-state index is 12.4. The van der Waals surface area contributed by atoms with Gasteiger partial charge < -0.3 is 15.2 Å². The van der Waals surface area contributed by atoms with E-state index in [1.165, 1.54) is 0 Å². The zero-order chi connectivity index (χ0) is 11.6. The molecule has 0 aliphatic heterocycles. The van der Waals surface area contributed by atoms with Crippen LogP contribution in [0.1, 0.15) is 17.7 Å². The van der Waals surface area contributed by atoms with Crippen molar-refractivity contribution >= 4 is 21.7 Å². The fourth-order valence-electron chi connectivity index (χ4n) is 0.942. The number of aliphatic hydroxyl groups excluding tert-OH is 1. The molecule has 0 spiro atoms. The molecule has 0 atom stereocenters. The van der Waals surface area contributed by atoms with E-state index in [1.807, 2.05) is 0 Å². The third-order valence-electron chi connectivity index (χ3n) is 1.61. The van der Waals surface area contributed by atoms with Crippen molar-refractivity contribution in [3.8, 4) is 0 Å². The zero-order valence-electron chi connectivity index (χ0n) is 7.15. The molecule has 0 aliphatic carbocycles. The van der Waals surface area contributed by atoms with E-state index in [2.05, 4.69) is 20.9 Å². The van der Waals surface area contributed by atoms with Crippen LogP contribution >= 0.6 is 15.9 Å². The first-order valence-corrected chi connectivity index (χ1v) is 4.49. The SMILES string of the molecule is O=[N+]([O-])c1cc(CO)c(Br)c(C(F)F)n1. The monoisotopic (exact) mass is 282 g/mol. The van der Waals surface area contributed by atoms with Crippen molar-refractivity contribution < 1.29 is 18.8 Å². The van der Waals surface area contributed by atoms with Crippen LogP contribution in [0.15, 0.2) is 10.5 Å². The Morgan fingerprint density at radius 3 is 2.67 bits per heavy atom. The van der Waals surface area contributed by atoms with Crippen LogP contribution in [-0.4, -0.2) is 15.0 Å². The lowest BCUT2D eigenvalue weighted by Gasteiger charge is -2.03. The molecule has 15 heavy (non-hydrogen) atoms. The van der Waals surface area contributed by atoms with Gasteiger partial charge in [-0.05, 0) is 25.8 Å². The van der Waals surface area contributed by atoms with Crippen LogP contribution < -0.4 is 0 Å². The molecule has 0 aliphatic rings. The lowest BCUT2D eigenvalue weighted by Crippen LogP contribution is -2.02. The maximum atomic E-state index is 12.4. The summed E-state index contributed by atoms with van der Waals surface area (Å²) in [7, 11) is 0. The van der Waals surface area contributed by atoms with Crippen LogP contribution in [0.4, 0.5) is 14.6 Å². The molecular weight excluding hydrogens is 278 g/mol. The van der Waals surface area contributed by atoms with Gasteiger partial charge in [-0.15, -0.1) is 0 Å². The lowest BCUT2D eigenvalue weighted by molar-refractivity contribution is -0.389. The second kappa shape index (κ2) is 4.58. The van der Waals surface area contributed by atoms with E-state index < -0.39 is 29.5 Å². The molecule has 0 aromatic carbocycles. The Balaban J connectivity index is 3.38. The fraction of sp³-hybridized carbons (Fsp3) is 0.286. The minimum Gasteiger partial charge on any atom is -0.392 e. The predicted octanol–water partition coefficient (Wildman–Crippen LogP) is 2.18. The summed E-state index contributed by atoms with van der Waals surface area (Å²) in [6.07, 6.45) is -2.94. The Hall–Kier alpha value is -1.15. The predicted molar refractivity (Wildman–Crippen MR) is 49.5 cm³/mol. The fourth-order valence-corrected chi connectivity index (χ4v) is 1.44. The highest BCUT2D eigenvalue weighted by Crippen LogP contribution is 2.31. The third-order valence-corrected chi connectivity index (χ3v) is 2.52. The largest absolute Gasteiger partial charge is 0.392 e. The van der Waals surface area contributed by atoms with Gasteiger partial charge in [-0.3, -0.25) is 0 Å². The Morgan fingerprint density at radius 1 is 1.67 bits per heavy atom. The van der Waals surface area contributed by atoms with E-state index in [4.69, 9.17) is 5.11 Å². The molecule has 5 nitrogen and oxygen atoms in total. The number of aliphatic hydroxyl groups is 1. The summed E-state index contributed by atoms with van der Waals surface area (Å²) >= 11 is 2.80. The van der Waals surface area contributed by atoms with Gasteiger partial charge in [0.2, 0.25) is 5.69 Å². The van der Waals surface area contributed by atoms with Gasteiger partial charge in [-0.25, -0.2) is 8.78 Å². The van der Waals surface area contributed by atoms with Gasteiger partial charge in [0.05, 0.1) is 11.1 Å². The summed E-state index contributed by atoms with van der Waals surface area (Å²) in [5.74, 6) is -0.711. The second-order valence-corrected chi connectivity index (χ2v) is 3.35. The van der Waals surface area contributed by atoms with Crippen LogP contribution in [0, 0.1) is 10.1 Å². The van der Waals surface area contributed by atoms with Crippen LogP contribution in [0.3, 0.4) is 0 Å². The minimum absolute atomic E-state index is 0.00648. The highest BCUT2D eigenvalue weighted by molar-refractivity contribution is 9.10. The van der Waals surface area contributed by atoms with Crippen molar-refractivity contribution in [2.75, 3.05) is 0 Å². The van der Waals surface area contributed by atoms with Crippen molar-refractivity contribution in [1.29, 1.82) is 0 Å². The topological polar surface area (TPSA) is 76.3 Å². The number of alkyl halides is 2. The average molecular weight is 283 g/mol. The van der Waals surface area contributed by atoms with Gasteiger partial charge in [0, 0.05) is 11.6 Å². The number of rotatable bonds is 3. The molecule has 1 N–H and O–H groups in total. The van der Waals surface area contributed by atoms with Gasteiger partial charge in [-0.2, -0.15) is 0 Å². The summed E-state index contributed by atoms with van der Waals surface area (Å²) in [6.45, 7) is -0.580. The van der Waals surface area contributed by atoms with Crippen LogP contribution in [0.25, 0.3) is 0 Å². The van der Waals surface area contributed by atoms with Crippen LogP contribution in [0.5, 0.6) is 0 Å². The smallest absolute Gasteiger partial charge is 0.364 e. The molecule has 0 fully saturated rings. The van der Waals surface area contributed by atoms with Gasteiger partial charge >= 0.3 is 12.2 Å². The number of hydrogen-bond donors (Lipinski definition) is 1. The first-order valence-electron chi connectivity index (χ1n) is 3.70. The summed E-state index contributed by atoms with van der Waals surface area (Å²) < 4.78 is 24.7. The van der Waals surface area contributed by atoms with Crippen molar-refractivity contribution in [2.24, 2.45) is 0 Å². The number of pyridine rings is 1. The van der Waals surface area contributed by atoms with E-state index in [0.29, 0.717) is 0 Å². The molecule has 0 radical (unpaired) electrons. The van der Waals surface area contributed by atoms with Crippen molar-refractivity contribution in [3.63, 3.8) is 0 Å². The molecular formula is C7H5BrF2N2O3. The lowest BCUT2D eigenvalue weighted by atomic mass is 10.2. The normalized spacial score (nSPS) is 10.7. The summed E-state index contributed by atoms with van der Waals surface area (Å²) in [5.41, 5.74) is -0.736. The summed E-state index contributed by atoms with van der Waals surface area (Å²) in [6, 6.07) is 0.940. The number of hydrogen-bond acceptors (Lipinski definition) is 4. The average Bonchev–Trinajstić information content (AvgIpc) is 2.17. The van der Waals surface area contributed by atoms with Crippen molar-refractivity contribution in [1.82, 2.24) is 4.98 Å².